The molecule has 1 saturated heterocycles. The Morgan fingerprint density at radius 3 is 2.22 bits per heavy atom. The highest BCUT2D eigenvalue weighted by Crippen LogP contribution is 2.30. The maximum Gasteiger partial charge on any atom is 0.161 e. The van der Waals surface area contributed by atoms with Gasteiger partial charge in [-0.1, -0.05) is 24.3 Å². The van der Waals surface area contributed by atoms with Crippen LogP contribution in [0.25, 0.3) is 11.1 Å². The van der Waals surface area contributed by atoms with Crippen molar-refractivity contribution >= 4 is 17.7 Å². The molecule has 0 amide bonds. The summed E-state index contributed by atoms with van der Waals surface area (Å²) in [6, 6.07) is 26.9. The van der Waals surface area contributed by atoms with Gasteiger partial charge in [0, 0.05) is 55.7 Å². The van der Waals surface area contributed by atoms with Crippen LogP contribution in [-0.4, -0.2) is 50.3 Å². The molecule has 37 heavy (non-hydrogen) atoms. The molecule has 190 valence electrons. The number of ether oxygens (including phenoxy) is 2. The standard InChI is InChI=1S/C30H31N3O3S/c1-34-29-14-5-23(20-30(29)35-2)22-32-16-18-33(19-17-32)26-8-10-27(11-9-26)36-37-28-12-6-24(7-13-28)25-4-3-15-31-21-25/h3-15,20-21H,16-19,22H2,1-2H3. The second-order valence-corrected chi connectivity index (χ2v) is 9.68. The molecule has 0 saturated carbocycles. The van der Waals surface area contributed by atoms with Crippen LogP contribution in [0.2, 0.25) is 0 Å². The Morgan fingerprint density at radius 2 is 1.54 bits per heavy atom. The molecule has 0 spiro atoms. The minimum absolute atomic E-state index is 0.764. The van der Waals surface area contributed by atoms with E-state index in [1.54, 1.807) is 20.4 Å². The Bertz CT molecular complexity index is 1280. The van der Waals surface area contributed by atoms with Crippen molar-refractivity contribution in [2.75, 3.05) is 45.3 Å². The van der Waals surface area contributed by atoms with Gasteiger partial charge >= 0.3 is 0 Å². The van der Waals surface area contributed by atoms with Gasteiger partial charge in [0.05, 0.1) is 26.3 Å². The van der Waals surface area contributed by atoms with Crippen LogP contribution in [0.15, 0.2) is 96.2 Å². The molecule has 1 aliphatic heterocycles. The van der Waals surface area contributed by atoms with Crippen LogP contribution in [0, 0.1) is 0 Å². The molecule has 0 aliphatic carbocycles. The minimum atomic E-state index is 0.764. The predicted octanol–water partition coefficient (Wildman–Crippen LogP) is 6.17. The van der Waals surface area contributed by atoms with E-state index < -0.39 is 0 Å². The van der Waals surface area contributed by atoms with Crippen molar-refractivity contribution in [2.45, 2.75) is 11.4 Å². The second-order valence-electron chi connectivity index (χ2n) is 8.88. The summed E-state index contributed by atoms with van der Waals surface area (Å²) in [7, 11) is 3.34. The fourth-order valence-electron chi connectivity index (χ4n) is 4.45. The quantitative estimate of drug-likeness (QED) is 0.248. The third-order valence-corrected chi connectivity index (χ3v) is 7.25. The van der Waals surface area contributed by atoms with E-state index in [9.17, 15) is 0 Å². The summed E-state index contributed by atoms with van der Waals surface area (Å²) in [5, 5.41) is 0. The fourth-order valence-corrected chi connectivity index (χ4v) is 5.00. The van der Waals surface area contributed by atoms with Crippen molar-refractivity contribution in [1.29, 1.82) is 0 Å². The van der Waals surface area contributed by atoms with Crippen molar-refractivity contribution < 1.29 is 13.7 Å². The van der Waals surface area contributed by atoms with E-state index in [0.29, 0.717) is 0 Å². The second kappa shape index (κ2) is 12.0. The van der Waals surface area contributed by atoms with E-state index in [4.69, 9.17) is 13.7 Å². The molecule has 0 N–H and O–H groups in total. The molecular formula is C30H31N3O3S. The smallest absolute Gasteiger partial charge is 0.161 e. The summed E-state index contributed by atoms with van der Waals surface area (Å²) in [6.45, 7) is 4.91. The normalized spacial score (nSPS) is 13.8. The minimum Gasteiger partial charge on any atom is -0.493 e. The fraction of sp³-hybridized carbons (Fsp3) is 0.233. The number of nitrogens with zero attached hydrogens (tertiary/aromatic N) is 3. The maximum atomic E-state index is 5.96. The Morgan fingerprint density at radius 1 is 0.784 bits per heavy atom. The van der Waals surface area contributed by atoms with Gasteiger partial charge in [-0.15, -0.1) is 0 Å². The molecule has 0 radical (unpaired) electrons. The van der Waals surface area contributed by atoms with Crippen LogP contribution in [0.3, 0.4) is 0 Å². The van der Waals surface area contributed by atoms with E-state index in [1.807, 2.05) is 30.5 Å². The SMILES string of the molecule is COc1ccc(CN2CCN(c3ccc(OSc4ccc(-c5cccnc5)cc4)cc3)CC2)cc1OC. The highest BCUT2D eigenvalue weighted by atomic mass is 32.2. The topological polar surface area (TPSA) is 47.1 Å². The van der Waals surface area contributed by atoms with Crippen molar-refractivity contribution in [3.05, 3.63) is 96.8 Å². The van der Waals surface area contributed by atoms with Crippen LogP contribution in [-0.2, 0) is 6.54 Å². The molecule has 2 heterocycles. The van der Waals surface area contributed by atoms with E-state index >= 15 is 0 Å². The molecule has 4 aromatic rings. The molecule has 0 unspecified atom stereocenters. The third kappa shape index (κ3) is 6.37. The zero-order valence-corrected chi connectivity index (χ0v) is 22.0. The number of rotatable bonds is 9. The zero-order valence-electron chi connectivity index (χ0n) is 21.2. The molecule has 1 aromatic heterocycles. The molecular weight excluding hydrogens is 482 g/mol. The molecule has 0 atom stereocenters. The number of aromatic nitrogens is 1. The lowest BCUT2D eigenvalue weighted by Crippen LogP contribution is -2.45. The van der Waals surface area contributed by atoms with Gasteiger partial charge in [-0.2, -0.15) is 0 Å². The Balaban J connectivity index is 1.10. The highest BCUT2D eigenvalue weighted by molar-refractivity contribution is 7.95. The van der Waals surface area contributed by atoms with Gasteiger partial charge in [-0.05, 0) is 71.3 Å². The van der Waals surface area contributed by atoms with Crippen molar-refractivity contribution in [1.82, 2.24) is 9.88 Å². The lowest BCUT2D eigenvalue weighted by molar-refractivity contribution is 0.249. The number of hydrogen-bond acceptors (Lipinski definition) is 7. The summed E-state index contributed by atoms with van der Waals surface area (Å²) < 4.78 is 16.8. The molecule has 0 bridgehead atoms. The monoisotopic (exact) mass is 513 g/mol. The number of piperazine rings is 1. The van der Waals surface area contributed by atoms with Crippen LogP contribution in [0.1, 0.15) is 5.56 Å². The van der Waals surface area contributed by atoms with E-state index in [2.05, 4.69) is 69.4 Å². The lowest BCUT2D eigenvalue weighted by atomic mass is 10.1. The first kappa shape index (κ1) is 25.0. The number of hydrogen-bond donors (Lipinski definition) is 0. The number of methoxy groups -OCH3 is 2. The number of anilines is 1. The molecule has 5 rings (SSSR count). The van der Waals surface area contributed by atoms with E-state index in [1.165, 1.54) is 23.3 Å². The van der Waals surface area contributed by atoms with Crippen LogP contribution in [0.4, 0.5) is 5.69 Å². The molecule has 6 nitrogen and oxygen atoms in total. The van der Waals surface area contributed by atoms with Gasteiger partial charge < -0.3 is 18.6 Å². The first-order chi connectivity index (χ1) is 18.2. The molecule has 1 fully saturated rings. The van der Waals surface area contributed by atoms with Crippen molar-refractivity contribution in [3.8, 4) is 28.4 Å². The van der Waals surface area contributed by atoms with Crippen molar-refractivity contribution in [2.24, 2.45) is 0 Å². The predicted molar refractivity (Wildman–Crippen MR) is 150 cm³/mol. The molecule has 3 aromatic carbocycles. The largest absolute Gasteiger partial charge is 0.493 e. The number of pyridine rings is 1. The maximum absolute atomic E-state index is 5.96. The van der Waals surface area contributed by atoms with Crippen molar-refractivity contribution in [3.63, 3.8) is 0 Å². The van der Waals surface area contributed by atoms with Gasteiger partial charge in [0.1, 0.15) is 5.75 Å². The highest BCUT2D eigenvalue weighted by Gasteiger charge is 2.18. The average molecular weight is 514 g/mol. The van der Waals surface area contributed by atoms with Gasteiger partial charge in [-0.3, -0.25) is 9.88 Å². The van der Waals surface area contributed by atoms with Crippen LogP contribution in [0.5, 0.6) is 17.2 Å². The van der Waals surface area contributed by atoms with Gasteiger partial charge in [0.2, 0.25) is 0 Å². The lowest BCUT2D eigenvalue weighted by Gasteiger charge is -2.36. The third-order valence-electron chi connectivity index (χ3n) is 6.51. The van der Waals surface area contributed by atoms with E-state index in [-0.39, 0.29) is 0 Å². The van der Waals surface area contributed by atoms with E-state index in [0.717, 1.165) is 66.0 Å². The first-order valence-electron chi connectivity index (χ1n) is 12.3. The summed E-state index contributed by atoms with van der Waals surface area (Å²) in [4.78, 5) is 10.2. The van der Waals surface area contributed by atoms with Gasteiger partial charge in [-0.25, -0.2) is 0 Å². The summed E-state index contributed by atoms with van der Waals surface area (Å²) in [5.74, 6) is 2.39. The Hall–Kier alpha value is -3.68. The first-order valence-corrected chi connectivity index (χ1v) is 13.1. The molecule has 7 heteroatoms. The summed E-state index contributed by atoms with van der Waals surface area (Å²) in [6.07, 6.45) is 3.66. The Kier molecular flexibility index (Phi) is 8.13. The van der Waals surface area contributed by atoms with Gasteiger partial charge in [0.15, 0.2) is 11.5 Å². The summed E-state index contributed by atoms with van der Waals surface area (Å²) >= 11 is 1.37. The Labute approximate surface area is 223 Å². The zero-order chi connectivity index (χ0) is 25.5. The van der Waals surface area contributed by atoms with Crippen LogP contribution >= 0.6 is 12.0 Å². The number of benzene rings is 3. The van der Waals surface area contributed by atoms with Gasteiger partial charge in [0.25, 0.3) is 0 Å². The average Bonchev–Trinajstić information content (AvgIpc) is 2.97. The molecule has 1 aliphatic rings. The van der Waals surface area contributed by atoms with Crippen LogP contribution < -0.4 is 18.6 Å². The summed E-state index contributed by atoms with van der Waals surface area (Å²) in [5.41, 5.74) is 4.71.